The van der Waals surface area contributed by atoms with Gasteiger partial charge in [-0.2, -0.15) is 9.10 Å². The summed E-state index contributed by atoms with van der Waals surface area (Å²) >= 11 is 1.26. The van der Waals surface area contributed by atoms with E-state index in [0.29, 0.717) is 44.6 Å². The maximum Gasteiger partial charge on any atom is 0.404 e. The number of ether oxygens (including phenoxy) is 3. The van der Waals surface area contributed by atoms with Crippen LogP contribution in [0.2, 0.25) is 0 Å². The lowest BCUT2D eigenvalue weighted by atomic mass is 9.99. The Balaban J connectivity index is 1.47. The molecule has 64 heavy (non-hydrogen) atoms. The number of nitrogen functional groups attached to an aromatic ring is 1. The van der Waals surface area contributed by atoms with Crippen LogP contribution in [0.1, 0.15) is 16.7 Å². The van der Waals surface area contributed by atoms with Gasteiger partial charge in [-0.15, -0.1) is 10.2 Å². The third-order valence-corrected chi connectivity index (χ3v) is 14.3. The normalized spacial score (nSPS) is 12.3. The Bertz CT molecular complexity index is 2930. The molecule has 0 aliphatic rings. The van der Waals surface area contributed by atoms with Crippen LogP contribution in [0.5, 0.6) is 17.2 Å². The zero-order valence-corrected chi connectivity index (χ0v) is 37.0. The van der Waals surface area contributed by atoms with Crippen LogP contribution >= 0.6 is 11.3 Å². The van der Waals surface area contributed by atoms with Crippen molar-refractivity contribution in [2.75, 3.05) is 40.2 Å². The summed E-state index contributed by atoms with van der Waals surface area (Å²) in [6, 6.07) is 28.4. The van der Waals surface area contributed by atoms with Gasteiger partial charge >= 0.3 is 6.09 Å². The zero-order valence-electron chi connectivity index (χ0n) is 34.6. The molecule has 0 spiro atoms. The van der Waals surface area contributed by atoms with Gasteiger partial charge in [-0.1, -0.05) is 59.9 Å². The monoisotopic (exact) mass is 929 g/mol. The second kappa shape index (κ2) is 19.4. The van der Waals surface area contributed by atoms with Crippen LogP contribution in [0.4, 0.5) is 9.93 Å². The predicted octanol–water partition coefficient (Wildman–Crippen LogP) is 4.57. The number of nitrogens with one attached hydrogen (secondary N) is 2. The van der Waals surface area contributed by atoms with Crippen molar-refractivity contribution in [3.63, 3.8) is 0 Å². The van der Waals surface area contributed by atoms with Gasteiger partial charge in [0.1, 0.15) is 27.0 Å². The maximum absolute atomic E-state index is 15.9. The summed E-state index contributed by atoms with van der Waals surface area (Å²) in [4.78, 5) is 15.4. The number of sulfonamides is 2. The van der Waals surface area contributed by atoms with Crippen molar-refractivity contribution in [1.82, 2.24) is 39.5 Å². The Morgan fingerprint density at radius 1 is 0.812 bits per heavy atom. The third kappa shape index (κ3) is 10.4. The van der Waals surface area contributed by atoms with Gasteiger partial charge in [-0.25, -0.2) is 31.3 Å². The van der Waals surface area contributed by atoms with E-state index in [2.05, 4.69) is 25.1 Å². The molecule has 7 aromatic rings. The molecule has 2 heterocycles. The number of aliphatic hydroxyl groups excluding tert-OH is 1. The van der Waals surface area contributed by atoms with E-state index in [9.17, 15) is 18.3 Å². The highest BCUT2D eigenvalue weighted by atomic mass is 32.2. The lowest BCUT2D eigenvalue weighted by molar-refractivity contribution is 0.159. The number of aromatic nitrogens is 5. The number of tetrazole rings is 1. The fourth-order valence-corrected chi connectivity index (χ4v) is 10.9. The molecular weight excluding hydrogens is 887 g/mol. The zero-order chi connectivity index (χ0) is 45.6. The molecule has 0 bridgehead atoms. The summed E-state index contributed by atoms with van der Waals surface area (Å²) in [7, 11) is -5.28. The first-order valence-corrected chi connectivity index (χ1v) is 23.1. The number of fused-ring (bicyclic) bond motifs is 1. The van der Waals surface area contributed by atoms with Crippen LogP contribution in [0.25, 0.3) is 32.7 Å². The van der Waals surface area contributed by atoms with Crippen LogP contribution in [0.15, 0.2) is 113 Å². The molecule has 0 radical (unpaired) electrons. The number of rotatable bonds is 19. The molecule has 0 aliphatic heterocycles. The third-order valence-electron chi connectivity index (χ3n) is 9.92. The first kappa shape index (κ1) is 45.3. The number of anilines is 1. The molecule has 0 aliphatic carbocycles. The van der Waals surface area contributed by atoms with Gasteiger partial charge in [0.15, 0.2) is 5.13 Å². The number of nitrogens with zero attached hydrogens (tertiary/aromatic N) is 6. The van der Waals surface area contributed by atoms with E-state index in [1.807, 2.05) is 5.32 Å². The minimum Gasteiger partial charge on any atom is -0.497 e. The van der Waals surface area contributed by atoms with Gasteiger partial charge in [0.05, 0.1) is 49.8 Å². The minimum atomic E-state index is -4.97. The predicted molar refractivity (Wildman–Crippen MR) is 238 cm³/mol. The number of carbonyl (C=O) groups is 1. The van der Waals surface area contributed by atoms with Crippen LogP contribution in [-0.4, -0.2) is 103 Å². The maximum atomic E-state index is 15.9. The SMILES string of the molecule is COc1ccc(CN(Cc2ccc(OC)cc2)S(=O)(=O)c2c(S(=O)(=O)NCC(O)CNC(=O)O)ccc(-c3ccc4sc(N)nc4c3)c2-c2nnn(Cc3ccc(OC)cc3)n2)cc1. The highest BCUT2D eigenvalue weighted by Crippen LogP contribution is 2.42. The Hall–Kier alpha value is -6.69. The standard InChI is InChI=1S/C42H43N9O10S3/c1-59-31-11-4-26(5-12-31)23-50(24-27-6-13-32(60-2)14-7-27)64(57,58)39-37(63(55,56)45-22-30(52)21-44-42(53)54)19-17-34(29-10-18-36-35(20-29)46-41(43)62-36)38(39)40-47-49-51(48-40)25-28-8-15-33(61-3)16-9-28/h4-20,30,44-45,52H,21-25H2,1-3H3,(H2,43,46)(H,53,54). The van der Waals surface area contributed by atoms with Crippen LogP contribution in [-0.2, 0) is 39.7 Å². The van der Waals surface area contributed by atoms with Gasteiger partial charge in [0.25, 0.3) is 0 Å². The number of methoxy groups -OCH3 is 3. The summed E-state index contributed by atoms with van der Waals surface area (Å²) in [6.07, 6.45) is -2.96. The molecule has 6 N–H and O–H groups in total. The van der Waals surface area contributed by atoms with Crippen molar-refractivity contribution in [1.29, 1.82) is 0 Å². The number of nitrogens with two attached hydrogens (primary N) is 1. The Morgan fingerprint density at radius 3 is 1.95 bits per heavy atom. The fraction of sp³-hybridized carbons (Fsp3) is 0.214. The molecule has 0 saturated heterocycles. The first-order chi connectivity index (χ1) is 30.7. The first-order valence-electron chi connectivity index (χ1n) is 19.3. The van der Waals surface area contributed by atoms with Crippen LogP contribution < -0.4 is 30.0 Å². The summed E-state index contributed by atoms with van der Waals surface area (Å²) in [5, 5.41) is 35.2. The minimum absolute atomic E-state index is 0.0986. The van der Waals surface area contributed by atoms with Crippen LogP contribution in [0, 0.1) is 0 Å². The average molecular weight is 930 g/mol. The Kier molecular flexibility index (Phi) is 13.7. The fourth-order valence-electron chi connectivity index (χ4n) is 6.70. The van der Waals surface area contributed by atoms with Crippen molar-refractivity contribution >= 4 is 52.8 Å². The van der Waals surface area contributed by atoms with E-state index in [1.165, 1.54) is 36.4 Å². The molecule has 1 amide bonds. The number of aliphatic hydroxyl groups is 1. The molecule has 22 heteroatoms. The van der Waals surface area contributed by atoms with Gasteiger partial charge in [-0.3, -0.25) is 0 Å². The Labute approximate surface area is 372 Å². The topological polar surface area (TPSA) is 263 Å². The van der Waals surface area contributed by atoms with Crippen LogP contribution in [0.3, 0.4) is 0 Å². The molecule has 7 rings (SSSR count). The van der Waals surface area contributed by atoms with Crippen molar-refractivity contribution < 1.29 is 46.1 Å². The van der Waals surface area contributed by atoms with Gasteiger partial charge in [-0.05, 0) is 87.6 Å². The van der Waals surface area contributed by atoms with E-state index >= 15 is 8.42 Å². The largest absolute Gasteiger partial charge is 0.497 e. The van der Waals surface area contributed by atoms with Crippen molar-refractivity contribution in [2.24, 2.45) is 0 Å². The average Bonchev–Trinajstić information content (AvgIpc) is 3.92. The smallest absolute Gasteiger partial charge is 0.404 e. The number of hydrogen-bond acceptors (Lipinski definition) is 15. The summed E-state index contributed by atoms with van der Waals surface area (Å²) < 4.78 is 81.0. The van der Waals surface area contributed by atoms with E-state index in [-0.39, 0.29) is 36.6 Å². The summed E-state index contributed by atoms with van der Waals surface area (Å²) in [6.45, 7) is -1.58. The van der Waals surface area contributed by atoms with E-state index in [0.717, 1.165) is 20.6 Å². The molecule has 19 nitrogen and oxygen atoms in total. The van der Waals surface area contributed by atoms with Gasteiger partial charge < -0.3 is 35.5 Å². The van der Waals surface area contributed by atoms with Crippen molar-refractivity contribution in [2.45, 2.75) is 35.5 Å². The molecule has 1 unspecified atom stereocenters. The molecule has 1 atom stereocenters. The number of hydrogen-bond donors (Lipinski definition) is 5. The highest BCUT2D eigenvalue weighted by molar-refractivity contribution is 7.92. The molecule has 5 aromatic carbocycles. The van der Waals surface area contributed by atoms with E-state index in [1.54, 1.807) is 98.1 Å². The molecule has 0 fully saturated rings. The molecule has 334 valence electrons. The lowest BCUT2D eigenvalue weighted by Gasteiger charge is -2.26. The number of benzene rings is 5. The number of amides is 1. The number of thiazole rings is 1. The quantitative estimate of drug-likeness (QED) is 0.0744. The van der Waals surface area contributed by atoms with E-state index < -0.39 is 55.1 Å². The lowest BCUT2D eigenvalue weighted by Crippen LogP contribution is -2.40. The second-order valence-electron chi connectivity index (χ2n) is 14.2. The van der Waals surface area contributed by atoms with Gasteiger partial charge in [0, 0.05) is 26.2 Å². The molecular formula is C42H43N9O10S3. The van der Waals surface area contributed by atoms with Crippen molar-refractivity contribution in [3.05, 3.63) is 120 Å². The second-order valence-corrected chi connectivity index (χ2v) is 18.9. The van der Waals surface area contributed by atoms with E-state index in [4.69, 9.17) is 25.1 Å². The van der Waals surface area contributed by atoms with Crippen molar-refractivity contribution in [3.8, 4) is 39.8 Å². The molecule has 2 aromatic heterocycles. The molecule has 0 saturated carbocycles. The number of carboxylic acid groups (broad SMARTS) is 1. The summed E-state index contributed by atoms with van der Waals surface area (Å²) in [5.41, 5.74) is 8.85. The summed E-state index contributed by atoms with van der Waals surface area (Å²) in [5.74, 6) is 1.47. The highest BCUT2D eigenvalue weighted by Gasteiger charge is 2.38. The van der Waals surface area contributed by atoms with Gasteiger partial charge in [0.2, 0.25) is 25.9 Å². The Morgan fingerprint density at radius 2 is 1.39 bits per heavy atom.